The molecule has 0 saturated carbocycles. The number of methoxy groups -OCH3 is 2. The normalized spacial score (nSPS) is 10.7. The molecule has 162 valence electrons. The van der Waals surface area contributed by atoms with Crippen LogP contribution in [0.25, 0.3) is 6.08 Å². The Morgan fingerprint density at radius 3 is 2.44 bits per heavy atom. The van der Waals surface area contributed by atoms with Gasteiger partial charge in [-0.05, 0) is 54.1 Å². The van der Waals surface area contributed by atoms with E-state index in [1.54, 1.807) is 48.5 Å². The summed E-state index contributed by atoms with van der Waals surface area (Å²) in [6, 6.07) is 16.4. The Hall–Kier alpha value is -4.51. The Balaban J connectivity index is 1.65. The van der Waals surface area contributed by atoms with Gasteiger partial charge in [0.15, 0.2) is 11.5 Å². The van der Waals surface area contributed by atoms with Crippen molar-refractivity contribution in [1.82, 2.24) is 5.32 Å². The molecule has 1 amide bonds. The second kappa shape index (κ2) is 10.5. The van der Waals surface area contributed by atoms with Gasteiger partial charge in [-0.3, -0.25) is 4.79 Å². The van der Waals surface area contributed by atoms with E-state index in [4.69, 9.17) is 18.6 Å². The summed E-state index contributed by atoms with van der Waals surface area (Å²) in [5, 5.41) is 11.9. The average molecular weight is 432 g/mol. The Morgan fingerprint density at radius 2 is 1.81 bits per heavy atom. The van der Waals surface area contributed by atoms with Crippen LogP contribution in [0.2, 0.25) is 0 Å². The average Bonchev–Trinajstić information content (AvgIpc) is 3.35. The molecule has 32 heavy (non-hydrogen) atoms. The number of nitriles is 1. The van der Waals surface area contributed by atoms with Crippen LogP contribution < -0.4 is 19.5 Å². The first-order chi connectivity index (χ1) is 15.5. The van der Waals surface area contributed by atoms with Crippen molar-refractivity contribution in [2.45, 2.75) is 6.54 Å². The van der Waals surface area contributed by atoms with Crippen LogP contribution in [0.1, 0.15) is 21.7 Å². The van der Waals surface area contributed by atoms with E-state index in [0.29, 0.717) is 34.1 Å². The van der Waals surface area contributed by atoms with E-state index in [2.05, 4.69) is 5.32 Å². The van der Waals surface area contributed by atoms with Crippen LogP contribution in [0.4, 0.5) is 0 Å². The summed E-state index contributed by atoms with van der Waals surface area (Å²) in [4.78, 5) is 24.6. The molecular weight excluding hydrogens is 412 g/mol. The highest BCUT2D eigenvalue weighted by atomic mass is 16.5. The fourth-order valence-electron chi connectivity index (χ4n) is 2.75. The molecule has 0 bridgehead atoms. The van der Waals surface area contributed by atoms with Gasteiger partial charge in [0, 0.05) is 0 Å². The molecule has 0 aliphatic rings. The largest absolute Gasteiger partial charge is 0.493 e. The molecule has 1 heterocycles. The Kier molecular flexibility index (Phi) is 7.28. The molecule has 0 atom stereocenters. The Labute approximate surface area is 184 Å². The molecule has 3 rings (SSSR count). The maximum absolute atomic E-state index is 12.4. The lowest BCUT2D eigenvalue weighted by atomic mass is 10.1. The lowest BCUT2D eigenvalue weighted by molar-refractivity contribution is -0.117. The number of esters is 1. The molecule has 0 aliphatic carbocycles. The van der Waals surface area contributed by atoms with Crippen LogP contribution in [-0.2, 0) is 11.3 Å². The minimum absolute atomic E-state index is 0.0633. The van der Waals surface area contributed by atoms with Crippen molar-refractivity contribution in [1.29, 1.82) is 5.26 Å². The van der Waals surface area contributed by atoms with Crippen LogP contribution in [0.3, 0.4) is 0 Å². The highest BCUT2D eigenvalue weighted by Crippen LogP contribution is 2.28. The fraction of sp³-hybridized carbons (Fsp3) is 0.125. The monoisotopic (exact) mass is 432 g/mol. The molecule has 1 aromatic heterocycles. The number of amides is 1. The summed E-state index contributed by atoms with van der Waals surface area (Å²) < 4.78 is 20.9. The smallest absolute Gasteiger partial charge is 0.343 e. The first-order valence-electron chi connectivity index (χ1n) is 9.50. The molecule has 3 aromatic rings. The maximum atomic E-state index is 12.4. The predicted molar refractivity (Wildman–Crippen MR) is 115 cm³/mol. The van der Waals surface area contributed by atoms with E-state index >= 15 is 0 Å². The van der Waals surface area contributed by atoms with Gasteiger partial charge in [-0.1, -0.05) is 12.1 Å². The van der Waals surface area contributed by atoms with Crippen LogP contribution in [0.5, 0.6) is 17.2 Å². The summed E-state index contributed by atoms with van der Waals surface area (Å²) in [7, 11) is 2.98. The van der Waals surface area contributed by atoms with Crippen molar-refractivity contribution >= 4 is 18.0 Å². The molecule has 0 spiro atoms. The Bertz CT molecular complexity index is 1160. The van der Waals surface area contributed by atoms with Crippen molar-refractivity contribution in [2.24, 2.45) is 0 Å². The van der Waals surface area contributed by atoms with Crippen LogP contribution >= 0.6 is 0 Å². The van der Waals surface area contributed by atoms with E-state index in [1.807, 2.05) is 6.07 Å². The third-order valence-corrected chi connectivity index (χ3v) is 4.39. The number of nitrogens with one attached hydrogen (secondary N) is 1. The van der Waals surface area contributed by atoms with Gasteiger partial charge in [0.2, 0.25) is 0 Å². The standard InChI is InChI=1S/C24H20N2O6/c1-29-21-10-7-17(13-22(21)30-2)24(28)32-19-8-5-16(6-9-19)12-18(14-25)23(27)26-15-20-4-3-11-31-20/h3-13H,15H2,1-2H3,(H,26,27)/b18-12+. The number of hydrogen-bond acceptors (Lipinski definition) is 7. The van der Waals surface area contributed by atoms with Crippen LogP contribution in [0, 0.1) is 11.3 Å². The second-order valence-electron chi connectivity index (χ2n) is 6.46. The van der Waals surface area contributed by atoms with Gasteiger partial charge >= 0.3 is 5.97 Å². The minimum atomic E-state index is -0.565. The summed E-state index contributed by atoms with van der Waals surface area (Å²) in [6.07, 6.45) is 2.94. The van der Waals surface area contributed by atoms with Crippen molar-refractivity contribution in [3.63, 3.8) is 0 Å². The van der Waals surface area contributed by atoms with E-state index in [9.17, 15) is 14.9 Å². The zero-order chi connectivity index (χ0) is 22.9. The molecular formula is C24H20N2O6. The van der Waals surface area contributed by atoms with Crippen LogP contribution in [-0.4, -0.2) is 26.1 Å². The van der Waals surface area contributed by atoms with E-state index in [0.717, 1.165) is 0 Å². The summed E-state index contributed by atoms with van der Waals surface area (Å²) in [5.41, 5.74) is 0.832. The zero-order valence-electron chi connectivity index (χ0n) is 17.5. The number of carbonyl (C=O) groups is 2. The third kappa shape index (κ3) is 5.55. The lowest BCUT2D eigenvalue weighted by Crippen LogP contribution is -2.23. The predicted octanol–water partition coefficient (Wildman–Crippen LogP) is 3.74. The topological polar surface area (TPSA) is 111 Å². The number of carbonyl (C=O) groups excluding carboxylic acids is 2. The molecule has 2 aromatic carbocycles. The first kappa shape index (κ1) is 22.2. The highest BCUT2D eigenvalue weighted by Gasteiger charge is 2.13. The van der Waals surface area contributed by atoms with E-state index in [1.165, 1.54) is 32.6 Å². The number of rotatable bonds is 8. The van der Waals surface area contributed by atoms with Crippen molar-refractivity contribution < 1.29 is 28.2 Å². The summed E-state index contributed by atoms with van der Waals surface area (Å²) >= 11 is 0. The minimum Gasteiger partial charge on any atom is -0.493 e. The number of hydrogen-bond donors (Lipinski definition) is 1. The van der Waals surface area contributed by atoms with Crippen molar-refractivity contribution in [3.8, 4) is 23.3 Å². The number of furan rings is 1. The Morgan fingerprint density at radius 1 is 1.06 bits per heavy atom. The molecule has 0 fully saturated rings. The first-order valence-corrected chi connectivity index (χ1v) is 9.50. The molecule has 0 radical (unpaired) electrons. The van der Waals surface area contributed by atoms with Gasteiger partial charge in [0.05, 0.1) is 32.6 Å². The van der Waals surface area contributed by atoms with Gasteiger partial charge in [0.25, 0.3) is 5.91 Å². The quantitative estimate of drug-likeness (QED) is 0.250. The summed E-state index contributed by atoms with van der Waals surface area (Å²) in [5.74, 6) is 0.717. The van der Waals surface area contributed by atoms with Gasteiger partial charge in [-0.15, -0.1) is 0 Å². The van der Waals surface area contributed by atoms with E-state index < -0.39 is 11.9 Å². The molecule has 0 unspecified atom stereocenters. The van der Waals surface area contributed by atoms with Crippen LogP contribution in [0.15, 0.2) is 70.9 Å². The second-order valence-corrected chi connectivity index (χ2v) is 6.46. The van der Waals surface area contributed by atoms with Gasteiger partial charge in [-0.2, -0.15) is 5.26 Å². The molecule has 8 nitrogen and oxygen atoms in total. The maximum Gasteiger partial charge on any atom is 0.343 e. The van der Waals surface area contributed by atoms with Gasteiger partial charge in [0.1, 0.15) is 23.2 Å². The highest BCUT2D eigenvalue weighted by molar-refractivity contribution is 6.01. The van der Waals surface area contributed by atoms with Gasteiger partial charge in [-0.25, -0.2) is 4.79 Å². The molecule has 1 N–H and O–H groups in total. The number of nitrogens with zero attached hydrogens (tertiary/aromatic N) is 1. The summed E-state index contributed by atoms with van der Waals surface area (Å²) in [6.45, 7) is 0.176. The zero-order valence-corrected chi connectivity index (χ0v) is 17.5. The molecule has 0 saturated heterocycles. The number of benzene rings is 2. The number of ether oxygens (including phenoxy) is 3. The molecule has 0 aliphatic heterocycles. The third-order valence-electron chi connectivity index (χ3n) is 4.39. The van der Waals surface area contributed by atoms with Crippen molar-refractivity contribution in [3.05, 3.63) is 83.3 Å². The lowest BCUT2D eigenvalue weighted by Gasteiger charge is -2.09. The van der Waals surface area contributed by atoms with E-state index in [-0.39, 0.29) is 12.1 Å². The SMILES string of the molecule is COc1ccc(C(=O)Oc2ccc(/C=C(\C#N)C(=O)NCc3ccco3)cc2)cc1OC. The van der Waals surface area contributed by atoms with Crippen molar-refractivity contribution in [2.75, 3.05) is 14.2 Å². The fourth-order valence-corrected chi connectivity index (χ4v) is 2.75. The van der Waals surface area contributed by atoms with Gasteiger partial charge < -0.3 is 23.9 Å². The molecule has 8 heteroatoms.